The second kappa shape index (κ2) is 6.79. The number of benzene rings is 1. The summed E-state index contributed by atoms with van der Waals surface area (Å²) >= 11 is 1.69. The van der Waals surface area contributed by atoms with Crippen LogP contribution in [0.15, 0.2) is 23.6 Å². The molecule has 0 bridgehead atoms. The fourth-order valence-corrected chi connectivity index (χ4v) is 4.08. The molecule has 4 nitrogen and oxygen atoms in total. The monoisotopic (exact) mass is 342 g/mol. The van der Waals surface area contributed by atoms with Gasteiger partial charge in [0, 0.05) is 10.9 Å². The molecule has 2 aromatic heterocycles. The van der Waals surface area contributed by atoms with E-state index in [1.54, 1.807) is 17.4 Å². The van der Waals surface area contributed by atoms with Crippen molar-refractivity contribution in [3.05, 3.63) is 45.8 Å². The number of carbonyl (C=O) groups is 1. The Morgan fingerprint density at radius 1 is 1.29 bits per heavy atom. The smallest absolute Gasteiger partial charge is 0.336 e. The molecule has 0 aliphatic heterocycles. The Labute approximate surface area is 145 Å². The van der Waals surface area contributed by atoms with E-state index in [0.29, 0.717) is 12.1 Å². The summed E-state index contributed by atoms with van der Waals surface area (Å²) in [5.41, 5.74) is 11.4. The highest BCUT2D eigenvalue weighted by Gasteiger charge is 2.20. The van der Waals surface area contributed by atoms with Crippen LogP contribution in [-0.4, -0.2) is 22.6 Å². The lowest BCUT2D eigenvalue weighted by atomic mass is 9.98. The van der Waals surface area contributed by atoms with Crippen LogP contribution in [0.5, 0.6) is 0 Å². The maximum Gasteiger partial charge on any atom is 0.336 e. The van der Waals surface area contributed by atoms with Crippen LogP contribution in [0.3, 0.4) is 0 Å². The summed E-state index contributed by atoms with van der Waals surface area (Å²) in [6, 6.07) is 5.73. The van der Waals surface area contributed by atoms with Gasteiger partial charge < -0.3 is 15.8 Å². The molecule has 3 aromatic rings. The number of nitrogens with one attached hydrogen (secondary N) is 1. The molecule has 0 fully saturated rings. The number of H-pyrrole nitrogens is 1. The normalized spacial score (nSPS) is 11.3. The third-order valence-corrected chi connectivity index (χ3v) is 5.42. The minimum atomic E-state index is -0.881. The van der Waals surface area contributed by atoms with Crippen molar-refractivity contribution in [3.8, 4) is 10.6 Å². The zero-order valence-electron chi connectivity index (χ0n) is 14.0. The zero-order chi connectivity index (χ0) is 17.3. The van der Waals surface area contributed by atoms with Gasteiger partial charge in [-0.3, -0.25) is 0 Å². The summed E-state index contributed by atoms with van der Waals surface area (Å²) in [4.78, 5) is 16.4. The molecule has 0 amide bonds. The molecule has 3 rings (SSSR count). The molecule has 0 saturated heterocycles. The molecular formula is C19H22N2O2S. The van der Waals surface area contributed by atoms with Gasteiger partial charge in [0.05, 0.1) is 16.1 Å². The van der Waals surface area contributed by atoms with Crippen molar-refractivity contribution in [1.82, 2.24) is 4.98 Å². The first-order chi connectivity index (χ1) is 11.5. The first kappa shape index (κ1) is 16.7. The fraction of sp³-hybridized carbons (Fsp3) is 0.316. The van der Waals surface area contributed by atoms with Crippen LogP contribution in [0.25, 0.3) is 21.5 Å². The maximum atomic E-state index is 11.7. The van der Waals surface area contributed by atoms with Crippen molar-refractivity contribution < 1.29 is 9.90 Å². The van der Waals surface area contributed by atoms with Gasteiger partial charge in [0.1, 0.15) is 0 Å². The van der Waals surface area contributed by atoms with Crippen molar-refractivity contribution in [2.24, 2.45) is 5.73 Å². The summed E-state index contributed by atoms with van der Waals surface area (Å²) in [6.07, 6.45) is 2.71. The van der Waals surface area contributed by atoms with Gasteiger partial charge in [0.25, 0.3) is 0 Å². The molecule has 0 radical (unpaired) electrons. The number of aromatic nitrogens is 1. The quantitative estimate of drug-likeness (QED) is 0.577. The molecule has 0 saturated carbocycles. The van der Waals surface area contributed by atoms with Gasteiger partial charge in [0.2, 0.25) is 0 Å². The number of fused-ring (bicyclic) bond motifs is 1. The highest BCUT2D eigenvalue weighted by molar-refractivity contribution is 7.13. The van der Waals surface area contributed by atoms with Gasteiger partial charge in [-0.05, 0) is 73.9 Å². The second-order valence-corrected chi connectivity index (χ2v) is 7.11. The van der Waals surface area contributed by atoms with Gasteiger partial charge in [-0.1, -0.05) is 6.07 Å². The second-order valence-electron chi connectivity index (χ2n) is 6.20. The number of aromatic carboxylic acids is 1. The maximum absolute atomic E-state index is 11.7. The standard InChI is InChI=1S/C19H22N2O2S/c1-11-9-15(24-10-11)18-13(5-3-4-8-20)16-14(19(22)23)7-6-12(2)17(16)21-18/h6-7,9-10,21H,3-5,8,20H2,1-2H3,(H,22,23). The number of hydrogen-bond donors (Lipinski definition) is 3. The average Bonchev–Trinajstić information content (AvgIpc) is 3.12. The van der Waals surface area contributed by atoms with Crippen molar-refractivity contribution in [2.75, 3.05) is 6.54 Å². The van der Waals surface area contributed by atoms with E-state index in [-0.39, 0.29) is 0 Å². The first-order valence-electron chi connectivity index (χ1n) is 8.16. The number of hydrogen-bond acceptors (Lipinski definition) is 3. The van der Waals surface area contributed by atoms with E-state index in [2.05, 4.69) is 23.4 Å². The number of aromatic amines is 1. The Kier molecular flexibility index (Phi) is 4.73. The molecule has 0 aliphatic carbocycles. The van der Waals surface area contributed by atoms with Crippen molar-refractivity contribution in [2.45, 2.75) is 33.1 Å². The molecule has 0 unspecified atom stereocenters. The van der Waals surface area contributed by atoms with Gasteiger partial charge in [0.15, 0.2) is 0 Å². The van der Waals surface area contributed by atoms with E-state index in [4.69, 9.17) is 5.73 Å². The SMILES string of the molecule is Cc1csc(-c2[nH]c3c(C)ccc(C(=O)O)c3c2CCCCN)c1. The molecule has 126 valence electrons. The first-order valence-corrected chi connectivity index (χ1v) is 9.04. The predicted octanol–water partition coefficient (Wildman–Crippen LogP) is 4.49. The number of rotatable bonds is 6. The van der Waals surface area contributed by atoms with Crippen LogP contribution in [0.1, 0.15) is 39.9 Å². The molecule has 4 N–H and O–H groups in total. The Bertz CT molecular complexity index is 892. The molecule has 0 atom stereocenters. The third kappa shape index (κ3) is 2.97. The Hall–Kier alpha value is -2.11. The van der Waals surface area contributed by atoms with Crippen molar-refractivity contribution in [1.29, 1.82) is 0 Å². The molecule has 0 aliphatic rings. The van der Waals surface area contributed by atoms with E-state index in [0.717, 1.165) is 51.9 Å². The third-order valence-electron chi connectivity index (χ3n) is 4.36. The Morgan fingerprint density at radius 3 is 2.71 bits per heavy atom. The van der Waals surface area contributed by atoms with Gasteiger partial charge in [-0.15, -0.1) is 11.3 Å². The van der Waals surface area contributed by atoms with Gasteiger partial charge in [-0.2, -0.15) is 0 Å². The van der Waals surface area contributed by atoms with Crippen LogP contribution < -0.4 is 5.73 Å². The fourth-order valence-electron chi connectivity index (χ4n) is 3.15. The molecule has 24 heavy (non-hydrogen) atoms. The predicted molar refractivity (Wildman–Crippen MR) is 100 cm³/mol. The van der Waals surface area contributed by atoms with Crippen LogP contribution in [0, 0.1) is 13.8 Å². The lowest BCUT2D eigenvalue weighted by molar-refractivity contribution is 0.0699. The molecule has 5 heteroatoms. The Balaban J connectivity index is 2.26. The average molecular weight is 342 g/mol. The largest absolute Gasteiger partial charge is 0.478 e. The van der Waals surface area contributed by atoms with E-state index in [1.165, 1.54) is 5.56 Å². The number of nitrogens with two attached hydrogens (primary N) is 1. The molecule has 2 heterocycles. The number of thiophene rings is 1. The molecule has 1 aromatic carbocycles. The number of unbranched alkanes of at least 4 members (excludes halogenated alkanes) is 1. The summed E-state index contributed by atoms with van der Waals surface area (Å²) in [5.74, 6) is -0.881. The minimum absolute atomic E-state index is 0.370. The van der Waals surface area contributed by atoms with E-state index in [1.807, 2.05) is 13.0 Å². The van der Waals surface area contributed by atoms with E-state index < -0.39 is 5.97 Å². The topological polar surface area (TPSA) is 79.1 Å². The lowest BCUT2D eigenvalue weighted by Crippen LogP contribution is -2.01. The summed E-state index contributed by atoms with van der Waals surface area (Å²) in [6.45, 7) is 4.74. The van der Waals surface area contributed by atoms with Gasteiger partial charge in [-0.25, -0.2) is 4.79 Å². The van der Waals surface area contributed by atoms with Crippen LogP contribution in [0.2, 0.25) is 0 Å². The number of aryl methyl sites for hydroxylation is 3. The zero-order valence-corrected chi connectivity index (χ0v) is 14.8. The lowest BCUT2D eigenvalue weighted by Gasteiger charge is -2.06. The molecular weight excluding hydrogens is 320 g/mol. The highest BCUT2D eigenvalue weighted by Crippen LogP contribution is 2.37. The Morgan fingerprint density at radius 2 is 2.08 bits per heavy atom. The van der Waals surface area contributed by atoms with Crippen LogP contribution >= 0.6 is 11.3 Å². The minimum Gasteiger partial charge on any atom is -0.478 e. The van der Waals surface area contributed by atoms with Crippen molar-refractivity contribution >= 4 is 28.2 Å². The highest BCUT2D eigenvalue weighted by atomic mass is 32.1. The summed E-state index contributed by atoms with van der Waals surface area (Å²) in [7, 11) is 0. The summed E-state index contributed by atoms with van der Waals surface area (Å²) in [5, 5.41) is 12.6. The van der Waals surface area contributed by atoms with E-state index in [9.17, 15) is 9.90 Å². The molecule has 0 spiro atoms. The van der Waals surface area contributed by atoms with E-state index >= 15 is 0 Å². The summed E-state index contributed by atoms with van der Waals surface area (Å²) < 4.78 is 0. The van der Waals surface area contributed by atoms with Crippen LogP contribution in [0.4, 0.5) is 0 Å². The number of carboxylic acids is 1. The van der Waals surface area contributed by atoms with Crippen LogP contribution in [-0.2, 0) is 6.42 Å². The van der Waals surface area contributed by atoms with Gasteiger partial charge >= 0.3 is 5.97 Å². The van der Waals surface area contributed by atoms with Crippen molar-refractivity contribution in [3.63, 3.8) is 0 Å². The number of carboxylic acid groups (broad SMARTS) is 1.